The van der Waals surface area contributed by atoms with Gasteiger partial charge in [0.2, 0.25) is 0 Å². The number of hydrogen-bond acceptors (Lipinski definition) is 7. The van der Waals surface area contributed by atoms with Crippen LogP contribution in [0.15, 0.2) is 36.9 Å². The number of hydrogen-bond donors (Lipinski definition) is 1. The molecule has 28 heavy (non-hydrogen) atoms. The molecular formula is C21H22N4O3. The molecule has 0 aliphatic carbocycles. The van der Waals surface area contributed by atoms with Gasteiger partial charge in [0.05, 0.1) is 38.0 Å². The molecule has 1 N–H and O–H groups in total. The molecule has 1 aliphatic rings. The fourth-order valence-corrected chi connectivity index (χ4v) is 3.34. The zero-order valence-electron chi connectivity index (χ0n) is 15.8. The van der Waals surface area contributed by atoms with Crippen molar-refractivity contribution in [1.82, 2.24) is 15.0 Å². The van der Waals surface area contributed by atoms with E-state index in [0.29, 0.717) is 36.0 Å². The van der Waals surface area contributed by atoms with Crippen LogP contribution in [0, 0.1) is 0 Å². The van der Waals surface area contributed by atoms with E-state index < -0.39 is 0 Å². The van der Waals surface area contributed by atoms with E-state index in [0.717, 1.165) is 35.6 Å². The van der Waals surface area contributed by atoms with Crippen LogP contribution >= 0.6 is 0 Å². The van der Waals surface area contributed by atoms with E-state index in [1.807, 2.05) is 30.3 Å². The fraction of sp³-hybridized carbons (Fsp3) is 0.286. The molecule has 0 amide bonds. The van der Waals surface area contributed by atoms with Crippen LogP contribution in [-0.2, 0) is 11.3 Å². The first kappa shape index (κ1) is 18.3. The van der Waals surface area contributed by atoms with Crippen LogP contribution in [0.5, 0.6) is 5.75 Å². The molecule has 0 unspecified atom stereocenters. The van der Waals surface area contributed by atoms with Crippen molar-refractivity contribution in [3.8, 4) is 17.0 Å². The second-order valence-corrected chi connectivity index (χ2v) is 6.46. The molecule has 2 aromatic heterocycles. The molecule has 1 aliphatic heterocycles. The zero-order valence-corrected chi connectivity index (χ0v) is 15.8. The average molecular weight is 378 g/mol. The number of aliphatic hydroxyl groups excluding tert-OH is 1. The first-order valence-electron chi connectivity index (χ1n) is 9.15. The molecule has 3 heterocycles. The van der Waals surface area contributed by atoms with Crippen LogP contribution in [0.2, 0.25) is 0 Å². The van der Waals surface area contributed by atoms with Gasteiger partial charge < -0.3 is 19.5 Å². The number of ether oxygens (including phenoxy) is 2. The Bertz CT molecular complexity index is 1020. The summed E-state index contributed by atoms with van der Waals surface area (Å²) in [6.45, 7) is 6.62. The molecule has 144 valence electrons. The summed E-state index contributed by atoms with van der Waals surface area (Å²) in [5, 5.41) is 10.5. The van der Waals surface area contributed by atoms with Crippen LogP contribution in [-0.4, -0.2) is 53.5 Å². The number of methoxy groups -OCH3 is 1. The maximum atomic E-state index is 9.59. The molecule has 3 aromatic rings. The van der Waals surface area contributed by atoms with Crippen molar-refractivity contribution in [2.45, 2.75) is 6.61 Å². The second-order valence-electron chi connectivity index (χ2n) is 6.46. The predicted molar refractivity (Wildman–Crippen MR) is 108 cm³/mol. The van der Waals surface area contributed by atoms with E-state index in [9.17, 15) is 5.11 Å². The van der Waals surface area contributed by atoms with Gasteiger partial charge in [0.1, 0.15) is 11.6 Å². The normalized spacial score (nSPS) is 14.3. The van der Waals surface area contributed by atoms with E-state index in [2.05, 4.69) is 21.4 Å². The number of morpholine rings is 1. The Morgan fingerprint density at radius 3 is 2.71 bits per heavy atom. The third-order valence-corrected chi connectivity index (χ3v) is 4.80. The number of fused-ring (bicyclic) bond motifs is 1. The quantitative estimate of drug-likeness (QED) is 0.731. The predicted octanol–water partition coefficient (Wildman–Crippen LogP) is 2.67. The maximum Gasteiger partial charge on any atom is 0.165 e. The summed E-state index contributed by atoms with van der Waals surface area (Å²) in [6.07, 6.45) is 1.63. The smallest absolute Gasteiger partial charge is 0.165 e. The minimum Gasteiger partial charge on any atom is -0.496 e. The van der Waals surface area contributed by atoms with Gasteiger partial charge in [-0.1, -0.05) is 6.58 Å². The Hall–Kier alpha value is -3.03. The van der Waals surface area contributed by atoms with Crippen molar-refractivity contribution in [3.63, 3.8) is 0 Å². The molecule has 1 fully saturated rings. The van der Waals surface area contributed by atoms with Gasteiger partial charge in [-0.05, 0) is 36.4 Å². The minimum atomic E-state index is -0.103. The third kappa shape index (κ3) is 3.42. The van der Waals surface area contributed by atoms with Gasteiger partial charge in [0.25, 0.3) is 0 Å². The Morgan fingerprint density at radius 2 is 2.00 bits per heavy atom. The highest BCUT2D eigenvalue weighted by Gasteiger charge is 2.18. The number of nitrogens with zero attached hydrogens (tertiary/aromatic N) is 4. The van der Waals surface area contributed by atoms with E-state index in [1.165, 1.54) is 0 Å². The molecule has 0 spiro atoms. The first-order valence-corrected chi connectivity index (χ1v) is 9.15. The molecular weight excluding hydrogens is 356 g/mol. The summed E-state index contributed by atoms with van der Waals surface area (Å²) in [4.78, 5) is 16.1. The molecule has 0 bridgehead atoms. The van der Waals surface area contributed by atoms with Crippen molar-refractivity contribution < 1.29 is 14.6 Å². The molecule has 1 saturated heterocycles. The highest BCUT2D eigenvalue weighted by molar-refractivity contribution is 5.89. The summed E-state index contributed by atoms with van der Waals surface area (Å²) < 4.78 is 10.7. The lowest BCUT2D eigenvalue weighted by atomic mass is 10.1. The largest absolute Gasteiger partial charge is 0.496 e. The number of rotatable bonds is 5. The van der Waals surface area contributed by atoms with Crippen molar-refractivity contribution in [1.29, 1.82) is 0 Å². The first-order chi connectivity index (χ1) is 13.7. The lowest BCUT2D eigenvalue weighted by Crippen LogP contribution is -2.37. The molecule has 4 rings (SSSR count). The molecule has 7 nitrogen and oxygen atoms in total. The summed E-state index contributed by atoms with van der Waals surface area (Å²) >= 11 is 0. The van der Waals surface area contributed by atoms with Crippen molar-refractivity contribution >= 4 is 22.9 Å². The standard InChI is InChI=1S/C21H22N4O3/c1-3-19-23-20-16(21(24-19)25-8-10-28-11-9-25)5-6-17(22-20)14-4-7-18(27-2)15(12-14)13-26/h3-7,12,26H,1,8-11,13H2,2H3. The average Bonchev–Trinajstić information content (AvgIpc) is 2.77. The van der Waals surface area contributed by atoms with E-state index in [-0.39, 0.29) is 6.61 Å². The molecule has 0 atom stereocenters. The van der Waals surface area contributed by atoms with E-state index >= 15 is 0 Å². The highest BCUT2D eigenvalue weighted by Crippen LogP contribution is 2.29. The van der Waals surface area contributed by atoms with Crippen LogP contribution in [0.25, 0.3) is 28.4 Å². The molecule has 0 radical (unpaired) electrons. The lowest BCUT2D eigenvalue weighted by Gasteiger charge is -2.28. The van der Waals surface area contributed by atoms with Gasteiger partial charge in [0.15, 0.2) is 11.5 Å². The van der Waals surface area contributed by atoms with Gasteiger partial charge in [-0.15, -0.1) is 0 Å². The maximum absolute atomic E-state index is 9.59. The van der Waals surface area contributed by atoms with E-state index in [1.54, 1.807) is 13.2 Å². The molecule has 1 aromatic carbocycles. The summed E-state index contributed by atoms with van der Waals surface area (Å²) in [5.41, 5.74) is 2.99. The number of pyridine rings is 1. The van der Waals surface area contributed by atoms with Gasteiger partial charge in [-0.3, -0.25) is 0 Å². The van der Waals surface area contributed by atoms with Crippen molar-refractivity contribution in [2.75, 3.05) is 38.3 Å². The number of benzene rings is 1. The highest BCUT2D eigenvalue weighted by atomic mass is 16.5. The monoisotopic (exact) mass is 378 g/mol. The van der Waals surface area contributed by atoms with Crippen LogP contribution < -0.4 is 9.64 Å². The number of anilines is 1. The number of aliphatic hydroxyl groups is 1. The molecule has 7 heteroatoms. The van der Waals surface area contributed by atoms with E-state index in [4.69, 9.17) is 14.5 Å². The minimum absolute atomic E-state index is 0.103. The summed E-state index contributed by atoms with van der Waals surface area (Å²) in [7, 11) is 1.59. The van der Waals surface area contributed by atoms with Gasteiger partial charge >= 0.3 is 0 Å². The topological polar surface area (TPSA) is 80.6 Å². The van der Waals surface area contributed by atoms with Gasteiger partial charge in [0, 0.05) is 24.2 Å². The fourth-order valence-electron chi connectivity index (χ4n) is 3.34. The summed E-state index contributed by atoms with van der Waals surface area (Å²) in [5.74, 6) is 2.05. The molecule has 0 saturated carbocycles. The third-order valence-electron chi connectivity index (χ3n) is 4.80. The Labute approximate surface area is 163 Å². The lowest BCUT2D eigenvalue weighted by molar-refractivity contribution is 0.122. The SMILES string of the molecule is C=Cc1nc(N2CCOCC2)c2ccc(-c3ccc(OC)c(CO)c3)nc2n1. The van der Waals surface area contributed by atoms with Gasteiger partial charge in [-0.25, -0.2) is 15.0 Å². The van der Waals surface area contributed by atoms with Gasteiger partial charge in [-0.2, -0.15) is 0 Å². The Kier molecular flexibility index (Phi) is 5.18. The van der Waals surface area contributed by atoms with Crippen LogP contribution in [0.1, 0.15) is 11.4 Å². The van der Waals surface area contributed by atoms with Crippen molar-refractivity contribution in [3.05, 3.63) is 48.3 Å². The summed E-state index contributed by atoms with van der Waals surface area (Å²) in [6, 6.07) is 9.58. The van der Waals surface area contributed by atoms with Crippen LogP contribution in [0.3, 0.4) is 0 Å². The zero-order chi connectivity index (χ0) is 19.5. The Morgan fingerprint density at radius 1 is 1.18 bits per heavy atom. The second kappa shape index (κ2) is 7.92. The number of aromatic nitrogens is 3. The van der Waals surface area contributed by atoms with Crippen LogP contribution in [0.4, 0.5) is 5.82 Å². The van der Waals surface area contributed by atoms with Crippen molar-refractivity contribution in [2.24, 2.45) is 0 Å². The Balaban J connectivity index is 1.81.